The van der Waals surface area contributed by atoms with E-state index in [2.05, 4.69) is 20.3 Å². The van der Waals surface area contributed by atoms with Gasteiger partial charge in [-0.05, 0) is 44.0 Å². The predicted octanol–water partition coefficient (Wildman–Crippen LogP) is 5.10. The number of piperidine rings is 1. The molecule has 0 radical (unpaired) electrons. The first-order valence-electron chi connectivity index (χ1n) is 10.4. The number of amides is 1. The van der Waals surface area contributed by atoms with Gasteiger partial charge < -0.3 is 10.2 Å². The van der Waals surface area contributed by atoms with Gasteiger partial charge in [-0.15, -0.1) is 0 Å². The highest BCUT2D eigenvalue weighted by Gasteiger charge is 2.31. The van der Waals surface area contributed by atoms with E-state index in [0.717, 1.165) is 30.3 Å². The van der Waals surface area contributed by atoms with Crippen molar-refractivity contribution in [2.45, 2.75) is 31.9 Å². The summed E-state index contributed by atoms with van der Waals surface area (Å²) in [6.07, 6.45) is -0.621. The minimum atomic E-state index is -4.48. The van der Waals surface area contributed by atoms with Gasteiger partial charge in [0.15, 0.2) is 0 Å². The number of nitrogens with one attached hydrogen (secondary N) is 1. The van der Waals surface area contributed by atoms with Crippen LogP contribution in [0.2, 0.25) is 0 Å². The van der Waals surface area contributed by atoms with Crippen molar-refractivity contribution >= 4 is 17.5 Å². The maximum atomic E-state index is 14.2. The van der Waals surface area contributed by atoms with Crippen LogP contribution in [0.1, 0.15) is 45.9 Å². The fourth-order valence-corrected chi connectivity index (χ4v) is 3.85. The third kappa shape index (κ3) is 5.27. The van der Waals surface area contributed by atoms with E-state index in [0.29, 0.717) is 31.0 Å². The summed E-state index contributed by atoms with van der Waals surface area (Å²) in [7, 11) is 0. The topological polar surface area (TPSA) is 71.0 Å². The van der Waals surface area contributed by atoms with Gasteiger partial charge in [0.2, 0.25) is 0 Å². The van der Waals surface area contributed by atoms with Gasteiger partial charge in [0.25, 0.3) is 5.91 Å². The summed E-state index contributed by atoms with van der Waals surface area (Å²) in [4.78, 5) is 26.8. The van der Waals surface area contributed by atoms with Crippen LogP contribution >= 0.6 is 0 Å². The van der Waals surface area contributed by atoms with Crippen LogP contribution < -0.4 is 5.32 Å². The van der Waals surface area contributed by atoms with E-state index in [9.17, 15) is 22.4 Å². The molecule has 3 heterocycles. The van der Waals surface area contributed by atoms with E-state index in [1.54, 1.807) is 24.0 Å². The Morgan fingerprint density at radius 2 is 1.88 bits per heavy atom. The Morgan fingerprint density at radius 3 is 2.67 bits per heavy atom. The molecule has 4 rings (SSSR count). The quantitative estimate of drug-likeness (QED) is 0.550. The molecule has 1 unspecified atom stereocenters. The van der Waals surface area contributed by atoms with Gasteiger partial charge >= 0.3 is 6.18 Å². The van der Waals surface area contributed by atoms with Gasteiger partial charge in [-0.1, -0.05) is 11.6 Å². The van der Waals surface area contributed by atoms with E-state index in [1.807, 2.05) is 0 Å². The number of carbonyl (C=O) groups excluding carboxylic acids is 1. The Kier molecular flexibility index (Phi) is 6.26. The van der Waals surface area contributed by atoms with E-state index in [1.165, 1.54) is 18.5 Å². The van der Waals surface area contributed by atoms with Crippen LogP contribution in [0.15, 0.2) is 48.9 Å². The maximum Gasteiger partial charge on any atom is 0.416 e. The molecule has 6 nitrogen and oxygen atoms in total. The summed E-state index contributed by atoms with van der Waals surface area (Å²) in [5.41, 5.74) is 0.653. The predicted molar refractivity (Wildman–Crippen MR) is 114 cm³/mol. The SMILES string of the molecule is Cc1ccc(F)c(C(=O)N2CCCC(c3cc(Nc4cc(C(F)(F)F)ccn4)ncn3)C2)c1. The summed E-state index contributed by atoms with van der Waals surface area (Å²) >= 11 is 0. The van der Waals surface area contributed by atoms with Crippen LogP contribution in [0.5, 0.6) is 0 Å². The monoisotopic (exact) mass is 459 g/mol. The van der Waals surface area contributed by atoms with Gasteiger partial charge in [-0.25, -0.2) is 19.3 Å². The molecule has 1 saturated heterocycles. The fourth-order valence-electron chi connectivity index (χ4n) is 3.85. The van der Waals surface area contributed by atoms with Crippen LogP contribution in [0.25, 0.3) is 0 Å². The average molecular weight is 459 g/mol. The lowest BCUT2D eigenvalue weighted by molar-refractivity contribution is -0.137. The van der Waals surface area contributed by atoms with Crippen molar-refractivity contribution in [3.8, 4) is 0 Å². The van der Waals surface area contributed by atoms with Crippen LogP contribution in [0.3, 0.4) is 0 Å². The third-order valence-electron chi connectivity index (χ3n) is 5.51. The first-order valence-corrected chi connectivity index (χ1v) is 10.4. The van der Waals surface area contributed by atoms with Crippen molar-refractivity contribution in [2.75, 3.05) is 18.4 Å². The lowest BCUT2D eigenvalue weighted by Gasteiger charge is -2.32. The number of likely N-dealkylation sites (tertiary alicyclic amines) is 1. The fraction of sp³-hybridized carbons (Fsp3) is 0.304. The summed E-state index contributed by atoms with van der Waals surface area (Å²) in [5.74, 6) is -0.755. The number of anilines is 2. The first-order chi connectivity index (χ1) is 15.7. The lowest BCUT2D eigenvalue weighted by atomic mass is 9.93. The van der Waals surface area contributed by atoms with Crippen LogP contribution in [-0.4, -0.2) is 38.8 Å². The number of hydrogen-bond acceptors (Lipinski definition) is 5. The normalized spacial score (nSPS) is 16.5. The average Bonchev–Trinajstić information content (AvgIpc) is 2.80. The zero-order valence-electron chi connectivity index (χ0n) is 17.7. The van der Waals surface area contributed by atoms with Crippen LogP contribution in [0, 0.1) is 12.7 Å². The molecule has 33 heavy (non-hydrogen) atoms. The highest BCUT2D eigenvalue weighted by Crippen LogP contribution is 2.31. The van der Waals surface area contributed by atoms with Gasteiger partial charge in [-0.2, -0.15) is 13.2 Å². The summed E-state index contributed by atoms with van der Waals surface area (Å²) in [6.45, 7) is 2.65. The smallest absolute Gasteiger partial charge is 0.338 e. The Hall–Kier alpha value is -3.56. The van der Waals surface area contributed by atoms with Crippen molar-refractivity contribution in [1.29, 1.82) is 0 Å². The van der Waals surface area contributed by atoms with E-state index >= 15 is 0 Å². The Balaban J connectivity index is 1.50. The van der Waals surface area contributed by atoms with E-state index < -0.39 is 17.6 Å². The number of carbonyl (C=O) groups is 1. The summed E-state index contributed by atoms with van der Waals surface area (Å²) in [5, 5.41) is 2.78. The number of alkyl halides is 3. The molecule has 1 atom stereocenters. The molecule has 2 aromatic heterocycles. The molecule has 0 saturated carbocycles. The number of rotatable bonds is 4. The van der Waals surface area contributed by atoms with Crippen molar-refractivity contribution in [2.24, 2.45) is 0 Å². The second-order valence-electron chi connectivity index (χ2n) is 7.95. The van der Waals surface area contributed by atoms with Gasteiger partial charge in [0.05, 0.1) is 16.8 Å². The summed E-state index contributed by atoms with van der Waals surface area (Å²) in [6, 6.07) is 7.86. The zero-order valence-corrected chi connectivity index (χ0v) is 17.7. The molecule has 0 aliphatic carbocycles. The number of nitrogens with zero attached hydrogens (tertiary/aromatic N) is 4. The highest BCUT2D eigenvalue weighted by atomic mass is 19.4. The number of aryl methyl sites for hydroxylation is 1. The standard InChI is InChI=1S/C23H21F4N5O/c1-14-4-5-18(24)17(9-14)22(33)32-8-2-3-15(12-32)19-11-21(30-13-29-19)31-20-10-16(6-7-28-20)23(25,26)27/h4-7,9-11,13,15H,2-3,8,12H2,1H3,(H,28,29,30,31). The number of halogens is 4. The molecule has 1 amide bonds. The molecule has 1 aliphatic heterocycles. The molecule has 0 spiro atoms. The Bertz CT molecular complexity index is 1170. The molecule has 0 bridgehead atoms. The lowest BCUT2D eigenvalue weighted by Crippen LogP contribution is -2.39. The molecule has 1 aromatic carbocycles. The Morgan fingerprint density at radius 1 is 1.09 bits per heavy atom. The zero-order chi connectivity index (χ0) is 23.6. The van der Waals surface area contributed by atoms with E-state index in [-0.39, 0.29) is 23.2 Å². The van der Waals surface area contributed by atoms with Crippen LogP contribution in [0.4, 0.5) is 29.2 Å². The molecule has 1 N–H and O–H groups in total. The number of hydrogen-bond donors (Lipinski definition) is 1. The molecule has 172 valence electrons. The van der Waals surface area contributed by atoms with Gasteiger partial charge in [0, 0.05) is 31.3 Å². The minimum Gasteiger partial charge on any atom is -0.338 e. The van der Waals surface area contributed by atoms with Crippen LogP contribution in [-0.2, 0) is 6.18 Å². The van der Waals surface area contributed by atoms with Crippen molar-refractivity contribution in [3.05, 3.63) is 77.1 Å². The van der Waals surface area contributed by atoms with Gasteiger partial charge in [0.1, 0.15) is 23.8 Å². The minimum absolute atomic E-state index is 0.00449. The first kappa shape index (κ1) is 22.6. The number of pyridine rings is 1. The van der Waals surface area contributed by atoms with Gasteiger partial charge in [-0.3, -0.25) is 4.79 Å². The molecule has 3 aromatic rings. The van der Waals surface area contributed by atoms with Crippen molar-refractivity contribution in [1.82, 2.24) is 19.9 Å². The molecule has 1 aliphatic rings. The van der Waals surface area contributed by atoms with E-state index in [4.69, 9.17) is 0 Å². The molecular weight excluding hydrogens is 438 g/mol. The van der Waals surface area contributed by atoms with Crippen molar-refractivity contribution in [3.63, 3.8) is 0 Å². The molecule has 1 fully saturated rings. The largest absolute Gasteiger partial charge is 0.416 e. The second kappa shape index (κ2) is 9.13. The second-order valence-corrected chi connectivity index (χ2v) is 7.95. The molecular formula is C23H21F4N5O. The Labute approximate surface area is 187 Å². The third-order valence-corrected chi connectivity index (χ3v) is 5.51. The highest BCUT2D eigenvalue weighted by molar-refractivity contribution is 5.94. The maximum absolute atomic E-state index is 14.2. The number of aromatic nitrogens is 3. The summed E-state index contributed by atoms with van der Waals surface area (Å²) < 4.78 is 53.0. The molecule has 10 heteroatoms. The van der Waals surface area contributed by atoms with Crippen molar-refractivity contribution < 1.29 is 22.4 Å². The number of benzene rings is 1.